The van der Waals surface area contributed by atoms with Gasteiger partial charge in [-0.3, -0.25) is 10.1 Å². The fraction of sp³-hybridized carbons (Fsp3) is 0.500. The third-order valence-corrected chi connectivity index (χ3v) is 4.01. The first-order valence-electron chi connectivity index (χ1n) is 6.77. The zero-order valence-corrected chi connectivity index (χ0v) is 12.6. The van der Waals surface area contributed by atoms with Crippen LogP contribution < -0.4 is 0 Å². The van der Waals surface area contributed by atoms with Crippen LogP contribution in [-0.4, -0.2) is 27.6 Å². The molecule has 1 unspecified atom stereocenters. The van der Waals surface area contributed by atoms with Crippen LogP contribution in [0.2, 0.25) is 5.02 Å². The summed E-state index contributed by atoms with van der Waals surface area (Å²) in [6.07, 6.45) is 0.155. The number of nitro groups is 1. The number of fused-ring (bicyclic) bond motifs is 1. The minimum absolute atomic E-state index is 0.0553. The fourth-order valence-corrected chi connectivity index (χ4v) is 3.02. The summed E-state index contributed by atoms with van der Waals surface area (Å²) in [7, 11) is 0. The molecular formula is C14H17ClN2O4. The van der Waals surface area contributed by atoms with Crippen LogP contribution >= 0.6 is 11.6 Å². The van der Waals surface area contributed by atoms with E-state index in [1.807, 2.05) is 13.8 Å². The molecule has 1 amide bonds. The van der Waals surface area contributed by atoms with Gasteiger partial charge in [0.1, 0.15) is 5.02 Å². The van der Waals surface area contributed by atoms with Gasteiger partial charge in [0.25, 0.3) is 5.69 Å². The maximum Gasteiger partial charge on any atom is 0.407 e. The molecule has 0 saturated heterocycles. The van der Waals surface area contributed by atoms with E-state index in [1.54, 1.807) is 6.07 Å². The maximum absolute atomic E-state index is 11.4. The molecule has 0 spiro atoms. The Morgan fingerprint density at radius 3 is 2.76 bits per heavy atom. The number of carboxylic acid groups (broad SMARTS) is 1. The average Bonchev–Trinajstić information content (AvgIpc) is 2.37. The third-order valence-electron chi connectivity index (χ3n) is 3.70. The van der Waals surface area contributed by atoms with Crippen molar-refractivity contribution in [1.82, 2.24) is 4.90 Å². The van der Waals surface area contributed by atoms with Gasteiger partial charge < -0.3 is 10.0 Å². The van der Waals surface area contributed by atoms with Gasteiger partial charge in [-0.25, -0.2) is 4.79 Å². The molecule has 1 heterocycles. The topological polar surface area (TPSA) is 83.7 Å². The van der Waals surface area contributed by atoms with Crippen LogP contribution in [0.3, 0.4) is 0 Å². The van der Waals surface area contributed by atoms with E-state index >= 15 is 0 Å². The van der Waals surface area contributed by atoms with Crippen LogP contribution in [0, 0.1) is 16.0 Å². The second-order valence-corrected chi connectivity index (χ2v) is 6.04. The van der Waals surface area contributed by atoms with Gasteiger partial charge in [-0.05, 0) is 36.0 Å². The van der Waals surface area contributed by atoms with Gasteiger partial charge in [0.2, 0.25) is 0 Å². The van der Waals surface area contributed by atoms with Crippen molar-refractivity contribution in [3.63, 3.8) is 0 Å². The van der Waals surface area contributed by atoms with Gasteiger partial charge in [-0.15, -0.1) is 0 Å². The number of hydrogen-bond donors (Lipinski definition) is 1. The van der Waals surface area contributed by atoms with Crippen molar-refractivity contribution in [1.29, 1.82) is 0 Å². The predicted molar refractivity (Wildman–Crippen MR) is 78.7 cm³/mol. The Labute approximate surface area is 127 Å². The lowest BCUT2D eigenvalue weighted by atomic mass is 9.87. The summed E-state index contributed by atoms with van der Waals surface area (Å²) in [5.74, 6) is 0.303. The van der Waals surface area contributed by atoms with Crippen LogP contribution in [0.5, 0.6) is 0 Å². The minimum Gasteiger partial charge on any atom is -0.465 e. The largest absolute Gasteiger partial charge is 0.465 e. The van der Waals surface area contributed by atoms with Crippen LogP contribution in [0.4, 0.5) is 10.5 Å². The Kier molecular flexibility index (Phi) is 4.37. The first kappa shape index (κ1) is 15.6. The van der Waals surface area contributed by atoms with Crippen molar-refractivity contribution >= 4 is 23.4 Å². The number of nitrogens with zero attached hydrogens (tertiary/aromatic N) is 2. The summed E-state index contributed by atoms with van der Waals surface area (Å²) in [6, 6.07) is 2.73. The van der Waals surface area contributed by atoms with Gasteiger partial charge in [0.05, 0.1) is 11.0 Å². The van der Waals surface area contributed by atoms with E-state index in [2.05, 4.69) is 0 Å². The fourth-order valence-electron chi connectivity index (χ4n) is 2.78. The molecule has 0 radical (unpaired) electrons. The normalized spacial score (nSPS) is 17.7. The molecule has 114 valence electrons. The Hall–Kier alpha value is -1.82. The van der Waals surface area contributed by atoms with Gasteiger partial charge in [0, 0.05) is 12.6 Å². The van der Waals surface area contributed by atoms with E-state index in [1.165, 1.54) is 11.0 Å². The number of amides is 1. The van der Waals surface area contributed by atoms with Crippen LogP contribution in [0.25, 0.3) is 0 Å². The molecule has 1 N–H and O–H groups in total. The Balaban J connectivity index is 2.50. The molecule has 0 aromatic heterocycles. The molecule has 0 bridgehead atoms. The molecule has 1 aromatic rings. The molecule has 0 saturated carbocycles. The lowest BCUT2D eigenvalue weighted by Gasteiger charge is -2.36. The molecule has 21 heavy (non-hydrogen) atoms. The average molecular weight is 313 g/mol. The van der Waals surface area contributed by atoms with E-state index in [0.717, 1.165) is 11.1 Å². The summed E-state index contributed by atoms with van der Waals surface area (Å²) in [6.45, 7) is 4.38. The summed E-state index contributed by atoms with van der Waals surface area (Å²) in [5.41, 5.74) is 1.48. The number of benzene rings is 1. The smallest absolute Gasteiger partial charge is 0.407 e. The van der Waals surface area contributed by atoms with E-state index in [-0.39, 0.29) is 16.8 Å². The lowest BCUT2D eigenvalue weighted by Crippen LogP contribution is -2.39. The van der Waals surface area contributed by atoms with Gasteiger partial charge in [0.15, 0.2) is 0 Å². The molecule has 0 fully saturated rings. The molecule has 1 atom stereocenters. The predicted octanol–water partition coefficient (Wildman–Crippen LogP) is 3.87. The molecule has 7 heteroatoms. The summed E-state index contributed by atoms with van der Waals surface area (Å²) in [5, 5.41) is 20.4. The van der Waals surface area contributed by atoms with Crippen LogP contribution in [-0.2, 0) is 6.42 Å². The summed E-state index contributed by atoms with van der Waals surface area (Å²) in [4.78, 5) is 23.2. The Morgan fingerprint density at radius 2 is 2.24 bits per heavy atom. The Morgan fingerprint density at radius 1 is 1.57 bits per heavy atom. The highest BCUT2D eigenvalue weighted by Gasteiger charge is 2.33. The second kappa shape index (κ2) is 5.89. The number of halogens is 1. The van der Waals surface area contributed by atoms with Crippen LogP contribution in [0.1, 0.15) is 37.4 Å². The lowest BCUT2D eigenvalue weighted by molar-refractivity contribution is -0.384. The summed E-state index contributed by atoms with van der Waals surface area (Å²) < 4.78 is 0. The van der Waals surface area contributed by atoms with Crippen LogP contribution in [0.15, 0.2) is 12.1 Å². The zero-order chi connectivity index (χ0) is 15.7. The quantitative estimate of drug-likeness (QED) is 0.678. The molecule has 1 aliphatic heterocycles. The number of hydrogen-bond acceptors (Lipinski definition) is 3. The maximum atomic E-state index is 11.4. The first-order valence-corrected chi connectivity index (χ1v) is 7.15. The number of nitro benzene ring substituents is 1. The van der Waals surface area contributed by atoms with Crippen molar-refractivity contribution in [3.8, 4) is 0 Å². The van der Waals surface area contributed by atoms with Crippen molar-refractivity contribution in [3.05, 3.63) is 38.4 Å². The highest BCUT2D eigenvalue weighted by Crippen LogP contribution is 2.39. The van der Waals surface area contributed by atoms with Crippen molar-refractivity contribution in [2.75, 3.05) is 6.54 Å². The molecule has 0 aliphatic carbocycles. The third kappa shape index (κ3) is 3.10. The zero-order valence-electron chi connectivity index (χ0n) is 11.9. The molecule has 1 aliphatic rings. The monoisotopic (exact) mass is 312 g/mol. The first-order chi connectivity index (χ1) is 9.81. The molecular weight excluding hydrogens is 296 g/mol. The number of rotatable bonds is 3. The molecule has 1 aromatic carbocycles. The summed E-state index contributed by atoms with van der Waals surface area (Å²) >= 11 is 5.98. The van der Waals surface area contributed by atoms with Gasteiger partial charge >= 0.3 is 6.09 Å². The standard InChI is InChI=1S/C14H17ClN2O4/c1-8(2)5-12-10-7-11(15)13(17(20)21)6-9(10)3-4-16(12)14(18)19/h6-8,12H,3-5H2,1-2H3,(H,18,19). The van der Waals surface area contributed by atoms with E-state index in [9.17, 15) is 20.0 Å². The number of carbonyl (C=O) groups is 1. The van der Waals surface area contributed by atoms with Crippen molar-refractivity contribution < 1.29 is 14.8 Å². The minimum atomic E-state index is -0.972. The van der Waals surface area contributed by atoms with Gasteiger partial charge in [-0.2, -0.15) is 0 Å². The second-order valence-electron chi connectivity index (χ2n) is 5.63. The van der Waals surface area contributed by atoms with Crippen molar-refractivity contribution in [2.24, 2.45) is 5.92 Å². The SMILES string of the molecule is CC(C)CC1c2cc(Cl)c([N+](=O)[O-])cc2CCN1C(=O)O. The van der Waals surface area contributed by atoms with Gasteiger partial charge in [-0.1, -0.05) is 25.4 Å². The van der Waals surface area contributed by atoms with E-state index in [0.29, 0.717) is 25.3 Å². The Bertz CT molecular complexity index is 589. The molecule has 2 rings (SSSR count). The van der Waals surface area contributed by atoms with Crippen molar-refractivity contribution in [2.45, 2.75) is 32.7 Å². The highest BCUT2D eigenvalue weighted by molar-refractivity contribution is 6.32. The highest BCUT2D eigenvalue weighted by atomic mass is 35.5. The van der Waals surface area contributed by atoms with E-state index in [4.69, 9.17) is 11.6 Å². The molecule has 6 nitrogen and oxygen atoms in total. The van der Waals surface area contributed by atoms with E-state index < -0.39 is 11.0 Å².